The second-order valence-corrected chi connectivity index (χ2v) is 6.10. The van der Waals surface area contributed by atoms with E-state index in [1.54, 1.807) is 6.92 Å². The highest BCUT2D eigenvalue weighted by atomic mass is 16.4. The summed E-state index contributed by atoms with van der Waals surface area (Å²) in [4.78, 5) is 14.1. The molecule has 0 spiro atoms. The number of hydrogen-bond donors (Lipinski definition) is 1. The van der Waals surface area contributed by atoms with E-state index in [0.29, 0.717) is 5.62 Å². The lowest BCUT2D eigenvalue weighted by Crippen LogP contribution is -2.36. The maximum absolute atomic E-state index is 9.37. The second kappa shape index (κ2) is 9.85. The highest BCUT2D eigenvalue weighted by molar-refractivity contribution is 5.66. The van der Waals surface area contributed by atoms with E-state index in [2.05, 4.69) is 5.10 Å². The molecule has 146 valence electrons. The lowest BCUT2D eigenvalue weighted by molar-refractivity contribution is -0.663. The molecule has 0 aliphatic heterocycles. The van der Waals surface area contributed by atoms with Crippen LogP contribution < -0.4 is 15.4 Å². The number of nitrogens with zero attached hydrogens (tertiary/aromatic N) is 4. The van der Waals surface area contributed by atoms with E-state index < -0.39 is 5.97 Å². The Morgan fingerprint density at radius 2 is 1.45 bits per heavy atom. The molecule has 0 radical (unpaired) electrons. The fourth-order valence-electron chi connectivity index (χ4n) is 2.50. The molecule has 1 heterocycles. The van der Waals surface area contributed by atoms with Crippen molar-refractivity contribution in [2.24, 2.45) is 4.99 Å². The van der Waals surface area contributed by atoms with Crippen LogP contribution >= 0.6 is 0 Å². The van der Waals surface area contributed by atoms with E-state index in [-0.39, 0.29) is 6.42 Å². The molecular weight excluding hydrogens is 364 g/mol. The quantitative estimate of drug-likeness (QED) is 0.546. The average Bonchev–Trinajstić information content (AvgIpc) is 3.20. The summed E-state index contributed by atoms with van der Waals surface area (Å²) in [6.07, 6.45) is 2.17. The number of para-hydroxylation sites is 3. The molecule has 0 saturated heterocycles. The van der Waals surface area contributed by atoms with E-state index in [0.717, 1.165) is 17.1 Å². The first-order chi connectivity index (χ1) is 14.2. The Bertz CT molecular complexity index is 1100. The Morgan fingerprint density at radius 3 is 2.00 bits per heavy atom. The monoisotopic (exact) mass is 386 g/mol. The van der Waals surface area contributed by atoms with Crippen LogP contribution in [-0.4, -0.2) is 15.6 Å². The molecule has 29 heavy (non-hydrogen) atoms. The molecule has 4 aromatic rings. The fourth-order valence-corrected chi connectivity index (χ4v) is 2.50. The summed E-state index contributed by atoms with van der Waals surface area (Å²) in [6, 6.07) is 30.0. The zero-order valence-corrected chi connectivity index (χ0v) is 16.1. The minimum absolute atomic E-state index is 0.222. The lowest BCUT2D eigenvalue weighted by atomic mass is 10.3. The molecule has 0 saturated carbocycles. The minimum atomic E-state index is -0.745. The number of rotatable bonds is 4. The third-order valence-electron chi connectivity index (χ3n) is 3.98. The van der Waals surface area contributed by atoms with Gasteiger partial charge in [-0.3, -0.25) is 4.79 Å². The molecule has 0 bridgehead atoms. The molecule has 6 nitrogen and oxygen atoms in total. The highest BCUT2D eigenvalue weighted by Crippen LogP contribution is 2.09. The van der Waals surface area contributed by atoms with E-state index in [1.807, 2.05) is 107 Å². The summed E-state index contributed by atoms with van der Waals surface area (Å²) in [5, 5.41) is 12.4. The van der Waals surface area contributed by atoms with Gasteiger partial charge < -0.3 is 10.1 Å². The largest absolute Gasteiger partial charge is 0.481 e. The second-order valence-electron chi connectivity index (χ2n) is 6.10. The Morgan fingerprint density at radius 1 is 0.931 bits per heavy atom. The van der Waals surface area contributed by atoms with Crippen molar-refractivity contribution in [2.45, 2.75) is 13.3 Å². The minimum Gasteiger partial charge on any atom is -0.481 e. The molecule has 1 N–H and O–H groups in total. The van der Waals surface area contributed by atoms with Gasteiger partial charge in [-0.2, -0.15) is 14.3 Å². The number of aromatic nitrogens is 3. The molecule has 0 unspecified atom stereocenters. The van der Waals surface area contributed by atoms with Crippen LogP contribution in [0.15, 0.2) is 102 Å². The summed E-state index contributed by atoms with van der Waals surface area (Å²) in [6.45, 7) is 1.60. The van der Waals surface area contributed by atoms with Crippen molar-refractivity contribution in [3.63, 3.8) is 0 Å². The van der Waals surface area contributed by atoms with Crippen LogP contribution in [0.2, 0.25) is 0 Å². The summed E-state index contributed by atoms with van der Waals surface area (Å²) < 4.78 is 3.83. The normalized spacial score (nSPS) is 10.9. The summed E-state index contributed by atoms with van der Waals surface area (Å²) in [7, 11) is 0. The van der Waals surface area contributed by atoms with Crippen LogP contribution in [0.4, 0.5) is 5.69 Å². The molecule has 4 rings (SSSR count). The topological polar surface area (TPSA) is 72.6 Å². The van der Waals surface area contributed by atoms with Crippen LogP contribution in [0.25, 0.3) is 11.4 Å². The Balaban J connectivity index is 0.000000431. The predicted molar refractivity (Wildman–Crippen MR) is 110 cm³/mol. The van der Waals surface area contributed by atoms with Crippen LogP contribution in [0.3, 0.4) is 0 Å². The maximum atomic E-state index is 9.37. The van der Waals surface area contributed by atoms with Gasteiger partial charge in [0.1, 0.15) is 11.4 Å². The number of benzene rings is 3. The molecule has 3 aromatic carbocycles. The van der Waals surface area contributed by atoms with Crippen LogP contribution in [0.5, 0.6) is 0 Å². The van der Waals surface area contributed by atoms with Crippen molar-refractivity contribution in [1.29, 1.82) is 0 Å². The SMILES string of the molecule is CCC(=O)O.c1ccc(N=c2[n-][n+](-c3ccccc3)cn2-c2ccccc2)cc1. The van der Waals surface area contributed by atoms with Crippen molar-refractivity contribution in [3.8, 4) is 11.4 Å². The fraction of sp³-hybridized carbons (Fsp3) is 0.0870. The molecule has 0 amide bonds. The molecule has 0 aliphatic rings. The first-order valence-corrected chi connectivity index (χ1v) is 9.28. The van der Waals surface area contributed by atoms with Crippen molar-refractivity contribution >= 4 is 11.7 Å². The molecule has 1 aromatic heterocycles. The molecular formula is C23H22N4O2. The van der Waals surface area contributed by atoms with E-state index in [1.165, 1.54) is 0 Å². The number of carbonyl (C=O) groups is 1. The van der Waals surface area contributed by atoms with Crippen LogP contribution in [-0.2, 0) is 4.79 Å². The third-order valence-corrected chi connectivity index (χ3v) is 3.98. The van der Waals surface area contributed by atoms with Gasteiger partial charge in [-0.25, -0.2) is 0 Å². The van der Waals surface area contributed by atoms with Crippen molar-refractivity contribution in [3.05, 3.63) is 103 Å². The number of aliphatic carboxylic acids is 1. The zero-order valence-electron chi connectivity index (χ0n) is 16.1. The van der Waals surface area contributed by atoms with E-state index in [4.69, 9.17) is 10.1 Å². The molecule has 6 heteroatoms. The van der Waals surface area contributed by atoms with Gasteiger partial charge in [-0.15, -0.1) is 0 Å². The first-order valence-electron chi connectivity index (χ1n) is 9.28. The summed E-state index contributed by atoms with van der Waals surface area (Å²) >= 11 is 0. The standard InChI is InChI=1S/C20H16N4.C3H6O2/c1-4-10-17(11-5-1)21-20-22-24(19-14-8-3-9-15-19)16-23(20)18-12-6-2-7-13-18;1-2-3(4)5/h1-16H;2H2,1H3,(H,4,5). The average molecular weight is 386 g/mol. The maximum Gasteiger partial charge on any atom is 0.303 e. The molecule has 0 fully saturated rings. The Kier molecular flexibility index (Phi) is 6.73. The van der Waals surface area contributed by atoms with Crippen LogP contribution in [0, 0.1) is 0 Å². The summed E-state index contributed by atoms with van der Waals surface area (Å²) in [5.74, 6) is -0.745. The highest BCUT2D eigenvalue weighted by Gasteiger charge is 2.09. The lowest BCUT2D eigenvalue weighted by Gasteiger charge is -1.97. The van der Waals surface area contributed by atoms with Gasteiger partial charge in [-0.1, -0.05) is 73.7 Å². The smallest absolute Gasteiger partial charge is 0.303 e. The molecule has 0 atom stereocenters. The summed E-state index contributed by atoms with van der Waals surface area (Å²) in [5.41, 5.74) is 3.53. The van der Waals surface area contributed by atoms with Crippen molar-refractivity contribution < 1.29 is 14.6 Å². The number of hydrogen-bond acceptors (Lipinski definition) is 2. The number of carboxylic acid groups (broad SMARTS) is 1. The van der Waals surface area contributed by atoms with Gasteiger partial charge in [0.15, 0.2) is 0 Å². The van der Waals surface area contributed by atoms with Gasteiger partial charge in [0.2, 0.25) is 5.62 Å². The van der Waals surface area contributed by atoms with Crippen molar-refractivity contribution in [2.75, 3.05) is 0 Å². The van der Waals surface area contributed by atoms with Gasteiger partial charge in [0.05, 0.1) is 0 Å². The van der Waals surface area contributed by atoms with Gasteiger partial charge in [0.25, 0.3) is 6.33 Å². The van der Waals surface area contributed by atoms with E-state index >= 15 is 0 Å². The third kappa shape index (κ3) is 5.52. The van der Waals surface area contributed by atoms with Crippen LogP contribution in [0.1, 0.15) is 13.3 Å². The predicted octanol–water partition coefficient (Wildman–Crippen LogP) is 3.42. The van der Waals surface area contributed by atoms with E-state index in [9.17, 15) is 4.79 Å². The molecule has 0 aliphatic carbocycles. The number of carboxylic acids is 1. The Labute approximate surface area is 169 Å². The first kappa shape index (κ1) is 19.8. The van der Waals surface area contributed by atoms with Gasteiger partial charge in [0, 0.05) is 6.42 Å². The van der Waals surface area contributed by atoms with Crippen molar-refractivity contribution in [1.82, 2.24) is 9.67 Å². The van der Waals surface area contributed by atoms with Gasteiger partial charge in [-0.05, 0) is 30.0 Å². The zero-order chi connectivity index (χ0) is 20.5. The van der Waals surface area contributed by atoms with Gasteiger partial charge >= 0.3 is 5.97 Å². The Hall–Kier alpha value is -3.93.